The number of nitrogens with zero attached hydrogens (tertiary/aromatic N) is 2. The van der Waals surface area contributed by atoms with E-state index in [2.05, 4.69) is 15.9 Å². The van der Waals surface area contributed by atoms with Gasteiger partial charge in [0.2, 0.25) is 10.0 Å². The molecule has 0 fully saturated rings. The molecule has 1 aromatic carbocycles. The molecule has 0 heterocycles. The molecule has 0 aromatic heterocycles. The Kier molecular flexibility index (Phi) is 5.67. The molecule has 0 unspecified atom stereocenters. The third-order valence-corrected chi connectivity index (χ3v) is 5.32. The van der Waals surface area contributed by atoms with Gasteiger partial charge in [-0.05, 0) is 32.4 Å². The van der Waals surface area contributed by atoms with Gasteiger partial charge in [0, 0.05) is 23.1 Å². The highest BCUT2D eigenvalue weighted by Crippen LogP contribution is 2.30. The average Bonchev–Trinajstić information content (AvgIpc) is 2.34. The van der Waals surface area contributed by atoms with Gasteiger partial charge < -0.3 is 0 Å². The number of rotatable bonds is 6. The first-order chi connectivity index (χ1) is 9.21. The van der Waals surface area contributed by atoms with Gasteiger partial charge in [-0.25, -0.2) is 8.42 Å². The first-order valence-corrected chi connectivity index (χ1v) is 8.41. The van der Waals surface area contributed by atoms with Crippen molar-refractivity contribution >= 4 is 31.6 Å². The lowest BCUT2D eigenvalue weighted by molar-refractivity contribution is -0.387. The maximum absolute atomic E-state index is 12.6. The molecule has 0 aliphatic heterocycles. The molecule has 6 nitrogen and oxygen atoms in total. The van der Waals surface area contributed by atoms with Gasteiger partial charge in [-0.3, -0.25) is 10.1 Å². The number of nitro benzene ring substituents is 1. The summed E-state index contributed by atoms with van der Waals surface area (Å²) >= 11 is 3.16. The van der Waals surface area contributed by atoms with Gasteiger partial charge in [-0.2, -0.15) is 4.31 Å². The van der Waals surface area contributed by atoms with E-state index in [1.165, 1.54) is 22.5 Å². The van der Waals surface area contributed by atoms with Crippen LogP contribution in [0.2, 0.25) is 0 Å². The summed E-state index contributed by atoms with van der Waals surface area (Å²) in [5, 5.41) is 11.0. The molecule has 0 atom stereocenters. The summed E-state index contributed by atoms with van der Waals surface area (Å²) < 4.78 is 27.1. The standard InChI is InChI=1S/C12H17BrN2O4S/c1-4-7-14(9(2)3)20(18,19)12-8-10(13)5-6-11(12)15(16)17/h5-6,8-9H,4,7H2,1-3H3. The Labute approximate surface area is 127 Å². The van der Waals surface area contributed by atoms with E-state index < -0.39 is 20.6 Å². The molecule has 0 amide bonds. The largest absolute Gasteiger partial charge is 0.289 e. The molecule has 1 rings (SSSR count). The van der Waals surface area contributed by atoms with E-state index >= 15 is 0 Å². The molecule has 0 N–H and O–H groups in total. The second-order valence-corrected chi connectivity index (χ2v) is 7.35. The van der Waals surface area contributed by atoms with E-state index in [0.29, 0.717) is 17.4 Å². The summed E-state index contributed by atoms with van der Waals surface area (Å²) in [6, 6.07) is 3.66. The Morgan fingerprint density at radius 2 is 2.00 bits per heavy atom. The number of sulfonamides is 1. The normalized spacial score (nSPS) is 12.1. The van der Waals surface area contributed by atoms with Crippen molar-refractivity contribution in [1.82, 2.24) is 4.31 Å². The fraction of sp³-hybridized carbons (Fsp3) is 0.500. The maximum Gasteiger partial charge on any atom is 0.289 e. The molecule has 0 saturated heterocycles. The van der Waals surface area contributed by atoms with E-state index in [9.17, 15) is 18.5 Å². The third kappa shape index (κ3) is 3.56. The highest BCUT2D eigenvalue weighted by Gasteiger charge is 2.32. The molecular weight excluding hydrogens is 348 g/mol. The molecule has 0 radical (unpaired) electrons. The number of nitro groups is 1. The van der Waals surface area contributed by atoms with Gasteiger partial charge in [-0.15, -0.1) is 0 Å². The summed E-state index contributed by atoms with van der Waals surface area (Å²) in [6.07, 6.45) is 0.638. The van der Waals surface area contributed by atoms with Crippen molar-refractivity contribution in [2.45, 2.75) is 38.1 Å². The van der Waals surface area contributed by atoms with Crippen molar-refractivity contribution in [3.8, 4) is 0 Å². The molecule has 0 spiro atoms. The minimum atomic E-state index is -3.90. The topological polar surface area (TPSA) is 80.5 Å². The molecule has 8 heteroatoms. The van der Waals surface area contributed by atoms with Crippen LogP contribution in [0.25, 0.3) is 0 Å². The van der Waals surface area contributed by atoms with Gasteiger partial charge in [0.15, 0.2) is 4.90 Å². The summed E-state index contributed by atoms with van der Waals surface area (Å²) in [6.45, 7) is 5.68. The third-order valence-electron chi connectivity index (χ3n) is 2.73. The number of halogens is 1. The smallest absolute Gasteiger partial charge is 0.258 e. The quantitative estimate of drug-likeness (QED) is 0.573. The molecular formula is C12H17BrN2O4S. The monoisotopic (exact) mass is 364 g/mol. The fourth-order valence-corrected chi connectivity index (χ4v) is 4.27. The molecule has 112 valence electrons. The predicted molar refractivity (Wildman–Crippen MR) is 80.1 cm³/mol. The Hall–Kier alpha value is -0.990. The van der Waals surface area contributed by atoms with Gasteiger partial charge in [0.05, 0.1) is 4.92 Å². The summed E-state index contributed by atoms with van der Waals surface area (Å²) in [5.41, 5.74) is -0.407. The van der Waals surface area contributed by atoms with Crippen LogP contribution in [0.5, 0.6) is 0 Å². The van der Waals surface area contributed by atoms with Crippen LogP contribution in [0.4, 0.5) is 5.69 Å². The molecule has 0 aliphatic rings. The predicted octanol–water partition coefficient (Wildman–Crippen LogP) is 3.17. The first-order valence-electron chi connectivity index (χ1n) is 6.17. The summed E-state index contributed by atoms with van der Waals surface area (Å²) in [7, 11) is -3.90. The molecule has 0 aliphatic carbocycles. The Morgan fingerprint density at radius 1 is 1.40 bits per heavy atom. The number of hydrogen-bond acceptors (Lipinski definition) is 4. The van der Waals surface area contributed by atoms with E-state index in [1.807, 2.05) is 6.92 Å². The Morgan fingerprint density at radius 3 is 2.45 bits per heavy atom. The minimum Gasteiger partial charge on any atom is -0.258 e. The lowest BCUT2D eigenvalue weighted by Gasteiger charge is -2.25. The molecule has 0 saturated carbocycles. The minimum absolute atomic E-state index is 0.265. The zero-order chi connectivity index (χ0) is 15.5. The summed E-state index contributed by atoms with van der Waals surface area (Å²) in [5.74, 6) is 0. The van der Waals surface area contributed by atoms with Crippen LogP contribution in [0.1, 0.15) is 27.2 Å². The maximum atomic E-state index is 12.6. The van der Waals surface area contributed by atoms with Gasteiger partial charge in [0.1, 0.15) is 0 Å². The lowest BCUT2D eigenvalue weighted by Crippen LogP contribution is -2.37. The summed E-state index contributed by atoms with van der Waals surface area (Å²) in [4.78, 5) is 10.1. The first kappa shape index (κ1) is 17.1. The van der Waals surface area contributed by atoms with Crippen LogP contribution in [0.3, 0.4) is 0 Å². The average molecular weight is 365 g/mol. The Bertz CT molecular complexity index is 601. The zero-order valence-corrected chi connectivity index (χ0v) is 13.9. The number of benzene rings is 1. The molecule has 0 bridgehead atoms. The molecule has 20 heavy (non-hydrogen) atoms. The van der Waals surface area contributed by atoms with E-state index in [4.69, 9.17) is 0 Å². The van der Waals surface area contributed by atoms with Crippen molar-refractivity contribution in [1.29, 1.82) is 0 Å². The van der Waals surface area contributed by atoms with Crippen LogP contribution in [-0.4, -0.2) is 30.2 Å². The van der Waals surface area contributed by atoms with Crippen LogP contribution in [-0.2, 0) is 10.0 Å². The van der Waals surface area contributed by atoms with Crippen LogP contribution >= 0.6 is 15.9 Å². The van der Waals surface area contributed by atoms with E-state index in [0.717, 1.165) is 0 Å². The van der Waals surface area contributed by atoms with Crippen LogP contribution in [0, 0.1) is 10.1 Å². The van der Waals surface area contributed by atoms with Crippen LogP contribution in [0.15, 0.2) is 27.6 Å². The van der Waals surface area contributed by atoms with Crippen molar-refractivity contribution in [3.05, 3.63) is 32.8 Å². The van der Waals surface area contributed by atoms with Gasteiger partial charge >= 0.3 is 0 Å². The van der Waals surface area contributed by atoms with E-state index in [1.54, 1.807) is 13.8 Å². The van der Waals surface area contributed by atoms with Crippen molar-refractivity contribution in [3.63, 3.8) is 0 Å². The van der Waals surface area contributed by atoms with Gasteiger partial charge in [0.25, 0.3) is 5.69 Å². The van der Waals surface area contributed by atoms with E-state index in [-0.39, 0.29) is 10.9 Å². The van der Waals surface area contributed by atoms with Crippen molar-refractivity contribution in [2.24, 2.45) is 0 Å². The molecule has 1 aromatic rings. The lowest BCUT2D eigenvalue weighted by atomic mass is 10.3. The SMILES string of the molecule is CCCN(C(C)C)S(=O)(=O)c1cc(Br)ccc1[N+](=O)[O-]. The van der Waals surface area contributed by atoms with Gasteiger partial charge in [-0.1, -0.05) is 22.9 Å². The second kappa shape index (κ2) is 6.64. The van der Waals surface area contributed by atoms with Crippen LogP contribution < -0.4 is 0 Å². The fourth-order valence-electron chi connectivity index (χ4n) is 1.85. The zero-order valence-electron chi connectivity index (χ0n) is 11.5. The highest BCUT2D eigenvalue weighted by atomic mass is 79.9. The second-order valence-electron chi connectivity index (χ2n) is 4.58. The number of hydrogen-bond donors (Lipinski definition) is 0. The van der Waals surface area contributed by atoms with Crippen molar-refractivity contribution in [2.75, 3.05) is 6.54 Å². The highest BCUT2D eigenvalue weighted by molar-refractivity contribution is 9.10. The van der Waals surface area contributed by atoms with Crippen molar-refractivity contribution < 1.29 is 13.3 Å². The Balaban J connectivity index is 3.47.